The van der Waals surface area contributed by atoms with Crippen molar-refractivity contribution in [2.45, 2.75) is 6.92 Å². The van der Waals surface area contributed by atoms with Gasteiger partial charge < -0.3 is 4.90 Å². The molecule has 3 aromatic heterocycles. The van der Waals surface area contributed by atoms with Crippen LogP contribution in [-0.2, 0) is 0 Å². The fourth-order valence-corrected chi connectivity index (χ4v) is 2.73. The van der Waals surface area contributed by atoms with Gasteiger partial charge in [-0.05, 0) is 30.7 Å². The minimum absolute atomic E-state index is 0.816. The van der Waals surface area contributed by atoms with Crippen molar-refractivity contribution in [2.75, 3.05) is 18.5 Å². The van der Waals surface area contributed by atoms with Crippen LogP contribution < -0.4 is 4.90 Å². The molecule has 7 nitrogen and oxygen atoms in total. The number of rotatable bonds is 4. The highest BCUT2D eigenvalue weighted by Crippen LogP contribution is 2.33. The number of H-pyrrole nitrogens is 2. The molecule has 24 heavy (non-hydrogen) atoms. The Morgan fingerprint density at radius 3 is 2.58 bits per heavy atom. The summed E-state index contributed by atoms with van der Waals surface area (Å²) in [6.07, 6.45) is 5.50. The molecular formula is C17H17N7. The van der Waals surface area contributed by atoms with E-state index in [0.29, 0.717) is 0 Å². The molecule has 0 aliphatic heterocycles. The molecule has 0 aliphatic rings. The van der Waals surface area contributed by atoms with Crippen molar-refractivity contribution >= 4 is 16.7 Å². The monoisotopic (exact) mass is 319 g/mol. The van der Waals surface area contributed by atoms with Gasteiger partial charge in [0.1, 0.15) is 0 Å². The van der Waals surface area contributed by atoms with Gasteiger partial charge >= 0.3 is 0 Å². The van der Waals surface area contributed by atoms with E-state index >= 15 is 0 Å². The van der Waals surface area contributed by atoms with E-state index in [9.17, 15) is 0 Å². The molecule has 0 fully saturated rings. The smallest absolute Gasteiger partial charge is 0.151 e. The largest absolute Gasteiger partial charge is 0.358 e. The average Bonchev–Trinajstić information content (AvgIpc) is 3.32. The summed E-state index contributed by atoms with van der Waals surface area (Å²) in [6.45, 7) is 2.97. The second kappa shape index (κ2) is 5.77. The van der Waals surface area contributed by atoms with Gasteiger partial charge in [0.15, 0.2) is 5.82 Å². The highest BCUT2D eigenvalue weighted by molar-refractivity contribution is 6.01. The van der Waals surface area contributed by atoms with Gasteiger partial charge in [-0.25, -0.2) is 0 Å². The molecule has 3 heterocycles. The molecule has 0 saturated carbocycles. The normalized spacial score (nSPS) is 11.1. The van der Waals surface area contributed by atoms with Gasteiger partial charge in [0, 0.05) is 36.3 Å². The van der Waals surface area contributed by atoms with Crippen molar-refractivity contribution in [3.8, 4) is 22.4 Å². The predicted octanol–water partition coefficient (Wildman–Crippen LogP) is 2.87. The lowest BCUT2D eigenvalue weighted by atomic mass is 10.0. The summed E-state index contributed by atoms with van der Waals surface area (Å²) >= 11 is 0. The molecule has 0 saturated heterocycles. The summed E-state index contributed by atoms with van der Waals surface area (Å²) in [5.74, 6) is 0.858. The van der Waals surface area contributed by atoms with Gasteiger partial charge in [0.05, 0.1) is 23.6 Å². The summed E-state index contributed by atoms with van der Waals surface area (Å²) in [4.78, 5) is 2.05. The Balaban J connectivity index is 1.81. The first-order valence-corrected chi connectivity index (χ1v) is 7.78. The summed E-state index contributed by atoms with van der Waals surface area (Å²) in [7, 11) is 2.00. The Hall–Kier alpha value is -3.22. The molecule has 0 unspecified atom stereocenters. The number of hydrogen-bond donors (Lipinski definition) is 2. The predicted molar refractivity (Wildman–Crippen MR) is 93.6 cm³/mol. The molecule has 7 heteroatoms. The van der Waals surface area contributed by atoms with Crippen LogP contribution in [0.1, 0.15) is 6.92 Å². The van der Waals surface area contributed by atoms with Crippen molar-refractivity contribution in [2.24, 2.45) is 0 Å². The van der Waals surface area contributed by atoms with Crippen LogP contribution in [-0.4, -0.2) is 44.2 Å². The van der Waals surface area contributed by atoms with Crippen LogP contribution >= 0.6 is 0 Å². The first kappa shape index (κ1) is 14.4. The Morgan fingerprint density at radius 2 is 1.88 bits per heavy atom. The fourth-order valence-electron chi connectivity index (χ4n) is 2.73. The molecule has 0 spiro atoms. The summed E-state index contributed by atoms with van der Waals surface area (Å²) < 4.78 is 0. The van der Waals surface area contributed by atoms with Crippen LogP contribution in [0.25, 0.3) is 33.3 Å². The molecule has 120 valence electrons. The molecule has 0 radical (unpaired) electrons. The summed E-state index contributed by atoms with van der Waals surface area (Å²) in [5.41, 5.74) is 4.84. The maximum atomic E-state index is 4.38. The van der Waals surface area contributed by atoms with Crippen LogP contribution in [0.15, 0.2) is 42.9 Å². The van der Waals surface area contributed by atoms with Gasteiger partial charge in [-0.2, -0.15) is 10.2 Å². The number of anilines is 1. The summed E-state index contributed by atoms with van der Waals surface area (Å²) in [5, 5.41) is 23.9. The van der Waals surface area contributed by atoms with Crippen molar-refractivity contribution in [1.29, 1.82) is 0 Å². The fraction of sp³-hybridized carbons (Fsp3) is 0.176. The second-order valence-corrected chi connectivity index (χ2v) is 5.60. The zero-order chi connectivity index (χ0) is 16.5. The van der Waals surface area contributed by atoms with E-state index in [1.807, 2.05) is 42.5 Å². The second-order valence-electron chi connectivity index (χ2n) is 5.60. The van der Waals surface area contributed by atoms with Gasteiger partial charge in [0.2, 0.25) is 0 Å². The van der Waals surface area contributed by atoms with E-state index in [2.05, 4.69) is 43.6 Å². The lowest BCUT2D eigenvalue weighted by Crippen LogP contribution is -2.17. The first-order chi connectivity index (χ1) is 11.8. The quantitative estimate of drug-likeness (QED) is 0.604. The zero-order valence-electron chi connectivity index (χ0n) is 13.5. The molecule has 1 aromatic carbocycles. The zero-order valence-corrected chi connectivity index (χ0v) is 13.5. The number of fused-ring (bicyclic) bond motifs is 1. The highest BCUT2D eigenvalue weighted by Gasteiger charge is 2.13. The Labute approximate surface area is 138 Å². The molecule has 4 aromatic rings. The Kier molecular flexibility index (Phi) is 3.45. The molecular weight excluding hydrogens is 302 g/mol. The van der Waals surface area contributed by atoms with Crippen LogP contribution in [0.3, 0.4) is 0 Å². The van der Waals surface area contributed by atoms with Crippen LogP contribution in [0, 0.1) is 0 Å². The molecule has 0 bridgehead atoms. The molecule has 0 aliphatic carbocycles. The number of hydrogen-bond acceptors (Lipinski definition) is 5. The Bertz CT molecular complexity index is 954. The maximum Gasteiger partial charge on any atom is 0.151 e. The van der Waals surface area contributed by atoms with Crippen molar-refractivity contribution in [3.63, 3.8) is 0 Å². The van der Waals surface area contributed by atoms with Gasteiger partial charge in [-0.15, -0.1) is 10.2 Å². The van der Waals surface area contributed by atoms with Crippen molar-refractivity contribution < 1.29 is 0 Å². The third-order valence-corrected chi connectivity index (χ3v) is 4.22. The number of benzene rings is 1. The lowest BCUT2D eigenvalue weighted by Gasteiger charge is -2.14. The third-order valence-electron chi connectivity index (χ3n) is 4.22. The molecule has 0 atom stereocenters. The van der Waals surface area contributed by atoms with E-state index in [-0.39, 0.29) is 0 Å². The first-order valence-electron chi connectivity index (χ1n) is 7.78. The van der Waals surface area contributed by atoms with E-state index in [4.69, 9.17) is 0 Å². The van der Waals surface area contributed by atoms with E-state index in [1.165, 1.54) is 0 Å². The summed E-state index contributed by atoms with van der Waals surface area (Å²) in [6, 6.07) is 8.07. The standard InChI is InChI=1S/C17H17N7/c1-3-24(2)16-7-6-15(21-22-16)13-5-4-12(11-8-18-19-9-11)14-10-20-23-17(13)14/h4-10H,3H2,1-2H3,(H,18,19)(H,20,23). The van der Waals surface area contributed by atoms with E-state index < -0.39 is 0 Å². The lowest BCUT2D eigenvalue weighted by molar-refractivity contribution is 0.899. The van der Waals surface area contributed by atoms with Gasteiger partial charge in [-0.3, -0.25) is 10.2 Å². The third kappa shape index (κ3) is 2.30. The topological polar surface area (TPSA) is 86.4 Å². The molecule has 4 rings (SSSR count). The van der Waals surface area contributed by atoms with E-state index in [1.54, 1.807) is 6.20 Å². The molecule has 2 N–H and O–H groups in total. The minimum atomic E-state index is 0.816. The Morgan fingerprint density at radius 1 is 1.00 bits per heavy atom. The molecule has 0 amide bonds. The van der Waals surface area contributed by atoms with Crippen LogP contribution in [0.2, 0.25) is 0 Å². The maximum absolute atomic E-state index is 4.38. The van der Waals surface area contributed by atoms with Crippen LogP contribution in [0.4, 0.5) is 5.82 Å². The number of nitrogens with one attached hydrogen (secondary N) is 2. The number of aromatic nitrogens is 6. The SMILES string of the molecule is CCN(C)c1ccc(-c2ccc(-c3cn[nH]c3)c3cn[nH]c23)nn1. The average molecular weight is 319 g/mol. The van der Waals surface area contributed by atoms with Gasteiger partial charge in [-0.1, -0.05) is 6.07 Å². The van der Waals surface area contributed by atoms with Crippen LogP contribution in [0.5, 0.6) is 0 Å². The van der Waals surface area contributed by atoms with Crippen molar-refractivity contribution in [1.82, 2.24) is 30.6 Å². The number of aromatic amines is 2. The van der Waals surface area contributed by atoms with E-state index in [0.717, 1.165) is 45.6 Å². The minimum Gasteiger partial charge on any atom is -0.358 e. The number of nitrogens with zero attached hydrogens (tertiary/aromatic N) is 5. The van der Waals surface area contributed by atoms with Gasteiger partial charge in [0.25, 0.3) is 0 Å². The van der Waals surface area contributed by atoms with Crippen molar-refractivity contribution in [3.05, 3.63) is 42.9 Å². The highest BCUT2D eigenvalue weighted by atomic mass is 15.2.